The van der Waals surface area contributed by atoms with Gasteiger partial charge >= 0.3 is 0 Å². The van der Waals surface area contributed by atoms with Crippen molar-refractivity contribution in [3.63, 3.8) is 0 Å². The van der Waals surface area contributed by atoms with E-state index in [1.54, 1.807) is 6.92 Å². The van der Waals surface area contributed by atoms with Crippen LogP contribution in [-0.2, 0) is 0 Å². The second-order valence-corrected chi connectivity index (χ2v) is 7.11. The van der Waals surface area contributed by atoms with Crippen molar-refractivity contribution in [3.8, 4) is 11.4 Å². The van der Waals surface area contributed by atoms with Crippen LogP contribution in [0.2, 0.25) is 0 Å². The number of nitrogens with one attached hydrogen (secondary N) is 1. The maximum atomic E-state index is 11.7. The van der Waals surface area contributed by atoms with Crippen molar-refractivity contribution in [2.75, 3.05) is 23.3 Å². The summed E-state index contributed by atoms with van der Waals surface area (Å²) >= 11 is 0. The van der Waals surface area contributed by atoms with E-state index < -0.39 is 0 Å². The van der Waals surface area contributed by atoms with Crippen molar-refractivity contribution in [3.05, 3.63) is 66.2 Å². The van der Waals surface area contributed by atoms with Gasteiger partial charge in [0.2, 0.25) is 0 Å². The molecular formula is C23H24N4O. The van der Waals surface area contributed by atoms with Gasteiger partial charge in [-0.15, -0.1) is 0 Å². The van der Waals surface area contributed by atoms with Gasteiger partial charge in [-0.05, 0) is 38.3 Å². The van der Waals surface area contributed by atoms with E-state index in [1.165, 1.54) is 19.3 Å². The zero-order valence-corrected chi connectivity index (χ0v) is 16.1. The molecule has 3 aromatic rings. The van der Waals surface area contributed by atoms with Gasteiger partial charge in [0.1, 0.15) is 11.6 Å². The van der Waals surface area contributed by atoms with Gasteiger partial charge in [-0.25, -0.2) is 9.97 Å². The van der Waals surface area contributed by atoms with Crippen molar-refractivity contribution < 1.29 is 4.79 Å². The molecule has 0 amide bonds. The molecule has 5 nitrogen and oxygen atoms in total. The standard InChI is InChI=1S/C23H24N4O/c1-17(28)19-11-8-12-20(15-19)24-21-16-22(27-13-6-3-7-14-27)26-23(25-21)18-9-4-2-5-10-18/h2,4-5,8-12,15-16H,3,6-7,13-14H2,1H3,(H,24,25,26). The highest BCUT2D eigenvalue weighted by Gasteiger charge is 2.15. The van der Waals surface area contributed by atoms with Gasteiger partial charge in [0, 0.05) is 36.0 Å². The van der Waals surface area contributed by atoms with Crippen molar-refractivity contribution in [2.45, 2.75) is 26.2 Å². The largest absolute Gasteiger partial charge is 0.356 e. The Morgan fingerprint density at radius 1 is 0.929 bits per heavy atom. The smallest absolute Gasteiger partial charge is 0.163 e. The summed E-state index contributed by atoms with van der Waals surface area (Å²) in [6.07, 6.45) is 3.65. The lowest BCUT2D eigenvalue weighted by Crippen LogP contribution is -2.30. The van der Waals surface area contributed by atoms with Gasteiger partial charge in [-0.2, -0.15) is 0 Å². The molecule has 2 aromatic carbocycles. The highest BCUT2D eigenvalue weighted by atomic mass is 16.1. The number of hydrogen-bond acceptors (Lipinski definition) is 5. The summed E-state index contributed by atoms with van der Waals surface area (Å²) in [5.41, 5.74) is 2.51. The Kier molecular flexibility index (Phi) is 5.33. The van der Waals surface area contributed by atoms with Crippen LogP contribution in [0.15, 0.2) is 60.7 Å². The van der Waals surface area contributed by atoms with Crippen LogP contribution in [0.25, 0.3) is 11.4 Å². The number of benzene rings is 2. The molecule has 0 radical (unpaired) electrons. The average molecular weight is 372 g/mol. The van der Waals surface area contributed by atoms with Crippen molar-refractivity contribution in [1.82, 2.24) is 9.97 Å². The van der Waals surface area contributed by atoms with E-state index in [4.69, 9.17) is 9.97 Å². The quantitative estimate of drug-likeness (QED) is 0.633. The number of nitrogens with zero attached hydrogens (tertiary/aromatic N) is 3. The minimum Gasteiger partial charge on any atom is -0.356 e. The average Bonchev–Trinajstić information content (AvgIpc) is 2.75. The molecule has 0 spiro atoms. The Morgan fingerprint density at radius 2 is 1.71 bits per heavy atom. The van der Waals surface area contributed by atoms with Gasteiger partial charge in [0.15, 0.2) is 11.6 Å². The fraction of sp³-hybridized carbons (Fsp3) is 0.261. The third-order valence-electron chi connectivity index (χ3n) is 4.97. The number of carbonyl (C=O) groups is 1. The van der Waals surface area contributed by atoms with Gasteiger partial charge in [0.25, 0.3) is 0 Å². The maximum absolute atomic E-state index is 11.7. The Morgan fingerprint density at radius 3 is 2.46 bits per heavy atom. The maximum Gasteiger partial charge on any atom is 0.163 e. The molecular weight excluding hydrogens is 348 g/mol. The summed E-state index contributed by atoms with van der Waals surface area (Å²) in [5, 5.41) is 3.36. The minimum atomic E-state index is 0.0466. The first-order valence-electron chi connectivity index (χ1n) is 9.76. The van der Waals surface area contributed by atoms with Crippen LogP contribution in [-0.4, -0.2) is 28.8 Å². The predicted molar refractivity (Wildman–Crippen MR) is 113 cm³/mol. The zero-order valence-electron chi connectivity index (χ0n) is 16.1. The first kappa shape index (κ1) is 18.2. The number of carbonyl (C=O) groups excluding carboxylic acids is 1. The second kappa shape index (κ2) is 8.21. The fourth-order valence-corrected chi connectivity index (χ4v) is 3.46. The first-order valence-corrected chi connectivity index (χ1v) is 9.76. The molecule has 1 saturated heterocycles. The summed E-state index contributed by atoms with van der Waals surface area (Å²) in [7, 11) is 0. The number of piperidine rings is 1. The van der Waals surface area contributed by atoms with Gasteiger partial charge in [-0.3, -0.25) is 4.79 Å². The number of ketones is 1. The predicted octanol–water partition coefficient (Wildman–Crippen LogP) is 5.08. The molecule has 0 unspecified atom stereocenters. The van der Waals surface area contributed by atoms with Crippen LogP contribution in [0.5, 0.6) is 0 Å². The molecule has 2 heterocycles. The molecule has 0 saturated carbocycles. The van der Waals surface area contributed by atoms with Crippen LogP contribution in [0.4, 0.5) is 17.3 Å². The summed E-state index contributed by atoms with van der Waals surface area (Å²) in [5.74, 6) is 2.42. The summed E-state index contributed by atoms with van der Waals surface area (Å²) in [6, 6.07) is 19.5. The van der Waals surface area contributed by atoms with Crippen LogP contribution < -0.4 is 10.2 Å². The summed E-state index contributed by atoms with van der Waals surface area (Å²) < 4.78 is 0. The third kappa shape index (κ3) is 4.19. The van der Waals surface area contributed by atoms with Crippen LogP contribution >= 0.6 is 0 Å². The van der Waals surface area contributed by atoms with Crippen molar-refractivity contribution in [2.24, 2.45) is 0 Å². The van der Waals surface area contributed by atoms with Crippen LogP contribution in [0.3, 0.4) is 0 Å². The fourth-order valence-electron chi connectivity index (χ4n) is 3.46. The highest BCUT2D eigenvalue weighted by Crippen LogP contribution is 2.26. The number of aromatic nitrogens is 2. The SMILES string of the molecule is CC(=O)c1cccc(Nc2cc(N3CCCCC3)nc(-c3ccccc3)n2)c1. The number of rotatable bonds is 5. The van der Waals surface area contributed by atoms with E-state index in [9.17, 15) is 4.79 Å². The summed E-state index contributed by atoms with van der Waals surface area (Å²) in [4.78, 5) is 23.6. The molecule has 1 aromatic heterocycles. The third-order valence-corrected chi connectivity index (χ3v) is 4.97. The lowest BCUT2D eigenvalue weighted by atomic mass is 10.1. The minimum absolute atomic E-state index is 0.0466. The zero-order chi connectivity index (χ0) is 19.3. The van der Waals surface area contributed by atoms with E-state index in [0.29, 0.717) is 11.4 Å². The first-order chi connectivity index (χ1) is 13.7. The van der Waals surface area contributed by atoms with Crippen LogP contribution in [0.1, 0.15) is 36.5 Å². The van der Waals surface area contributed by atoms with E-state index in [-0.39, 0.29) is 5.78 Å². The Hall–Kier alpha value is -3.21. The van der Waals surface area contributed by atoms with Crippen LogP contribution in [0, 0.1) is 0 Å². The summed E-state index contributed by atoms with van der Waals surface area (Å²) in [6.45, 7) is 3.61. The van der Waals surface area contributed by atoms with E-state index in [0.717, 1.165) is 36.0 Å². The number of Topliss-reactive ketones (excluding diaryl/α,β-unsaturated/α-hetero) is 1. The van der Waals surface area contributed by atoms with Gasteiger partial charge < -0.3 is 10.2 Å². The Bertz CT molecular complexity index is 965. The molecule has 28 heavy (non-hydrogen) atoms. The van der Waals surface area contributed by atoms with E-state index in [1.807, 2.05) is 60.7 Å². The van der Waals surface area contributed by atoms with Crippen molar-refractivity contribution in [1.29, 1.82) is 0 Å². The molecule has 142 valence electrons. The topological polar surface area (TPSA) is 58.1 Å². The Labute approximate surface area is 165 Å². The molecule has 4 rings (SSSR count). The van der Waals surface area contributed by atoms with E-state index >= 15 is 0 Å². The second-order valence-electron chi connectivity index (χ2n) is 7.11. The molecule has 1 fully saturated rings. The number of hydrogen-bond donors (Lipinski definition) is 1. The molecule has 1 N–H and O–H groups in total. The number of anilines is 3. The van der Waals surface area contributed by atoms with Gasteiger partial charge in [0.05, 0.1) is 0 Å². The molecule has 0 aliphatic carbocycles. The molecule has 5 heteroatoms. The molecule has 0 atom stereocenters. The van der Waals surface area contributed by atoms with Gasteiger partial charge in [-0.1, -0.05) is 42.5 Å². The molecule has 1 aliphatic heterocycles. The lowest BCUT2D eigenvalue weighted by molar-refractivity contribution is 0.101. The lowest BCUT2D eigenvalue weighted by Gasteiger charge is -2.28. The molecule has 0 bridgehead atoms. The van der Waals surface area contributed by atoms with E-state index in [2.05, 4.69) is 10.2 Å². The Balaban J connectivity index is 1.71. The normalized spacial score (nSPS) is 14.0. The monoisotopic (exact) mass is 372 g/mol. The highest BCUT2D eigenvalue weighted by molar-refractivity contribution is 5.95. The van der Waals surface area contributed by atoms with Crippen molar-refractivity contribution >= 4 is 23.1 Å². The molecule has 1 aliphatic rings.